The molecule has 0 fully saturated rings. The number of pyridine rings is 1. The lowest BCUT2D eigenvalue weighted by molar-refractivity contribution is 0.620. The highest BCUT2D eigenvalue weighted by Crippen LogP contribution is 2.10. The smallest absolute Gasteiger partial charge is 0.287 e. The molecular formula is C21H16FN3O2. The third-order valence-electron chi connectivity index (χ3n) is 4.42. The van der Waals surface area contributed by atoms with E-state index in [4.69, 9.17) is 0 Å². The molecule has 0 aliphatic rings. The van der Waals surface area contributed by atoms with E-state index in [-0.39, 0.29) is 24.4 Å². The van der Waals surface area contributed by atoms with E-state index in [9.17, 15) is 14.0 Å². The quantitative estimate of drug-likeness (QED) is 0.562. The van der Waals surface area contributed by atoms with E-state index in [1.165, 1.54) is 27.5 Å². The van der Waals surface area contributed by atoms with Gasteiger partial charge in [0.1, 0.15) is 5.82 Å². The van der Waals surface area contributed by atoms with Crippen LogP contribution in [0.15, 0.2) is 82.5 Å². The Hall–Kier alpha value is -3.54. The number of fused-ring (bicyclic) bond motifs is 1. The van der Waals surface area contributed by atoms with Crippen molar-refractivity contribution in [1.29, 1.82) is 0 Å². The van der Waals surface area contributed by atoms with Crippen LogP contribution in [0.25, 0.3) is 11.0 Å². The van der Waals surface area contributed by atoms with E-state index in [1.54, 1.807) is 24.3 Å². The molecular weight excluding hydrogens is 345 g/mol. The van der Waals surface area contributed by atoms with Crippen molar-refractivity contribution in [1.82, 2.24) is 14.1 Å². The standard InChI is InChI=1S/C21H16FN3O2/c22-17-10-8-16(9-11-17)13-24-18-7-4-12-23-19(18)20(26)25(21(24)27)14-15-5-2-1-3-6-15/h1-12H,13-14H2. The largest absolute Gasteiger partial charge is 0.332 e. The maximum atomic E-state index is 13.2. The number of hydrogen-bond acceptors (Lipinski definition) is 3. The molecule has 0 amide bonds. The van der Waals surface area contributed by atoms with Gasteiger partial charge in [-0.05, 0) is 35.4 Å². The van der Waals surface area contributed by atoms with Crippen LogP contribution in [0, 0.1) is 5.82 Å². The molecule has 0 spiro atoms. The predicted molar refractivity (Wildman–Crippen MR) is 101 cm³/mol. The summed E-state index contributed by atoms with van der Waals surface area (Å²) in [6.45, 7) is 0.380. The molecule has 0 aliphatic carbocycles. The van der Waals surface area contributed by atoms with Crippen molar-refractivity contribution in [2.45, 2.75) is 13.1 Å². The van der Waals surface area contributed by atoms with Crippen LogP contribution in [0.5, 0.6) is 0 Å². The molecule has 0 unspecified atom stereocenters. The fourth-order valence-electron chi connectivity index (χ4n) is 3.07. The minimum absolute atomic E-state index is 0.161. The first-order valence-corrected chi connectivity index (χ1v) is 8.50. The summed E-state index contributed by atoms with van der Waals surface area (Å²) in [5, 5.41) is 0. The topological polar surface area (TPSA) is 56.9 Å². The molecule has 2 aromatic carbocycles. The predicted octanol–water partition coefficient (Wildman–Crippen LogP) is 2.79. The zero-order valence-electron chi connectivity index (χ0n) is 14.4. The Morgan fingerprint density at radius 1 is 0.778 bits per heavy atom. The average Bonchev–Trinajstić information content (AvgIpc) is 2.71. The van der Waals surface area contributed by atoms with Crippen molar-refractivity contribution < 1.29 is 4.39 Å². The summed E-state index contributed by atoms with van der Waals surface area (Å²) in [4.78, 5) is 30.1. The second-order valence-electron chi connectivity index (χ2n) is 6.24. The van der Waals surface area contributed by atoms with E-state index in [2.05, 4.69) is 4.98 Å². The van der Waals surface area contributed by atoms with Crippen molar-refractivity contribution >= 4 is 11.0 Å². The molecule has 6 heteroatoms. The molecule has 0 bridgehead atoms. The number of aromatic nitrogens is 3. The Morgan fingerprint density at radius 3 is 2.19 bits per heavy atom. The Balaban J connectivity index is 1.90. The second-order valence-corrected chi connectivity index (χ2v) is 6.24. The minimum Gasteiger partial charge on any atom is -0.287 e. The van der Waals surface area contributed by atoms with Crippen LogP contribution in [0.2, 0.25) is 0 Å². The highest BCUT2D eigenvalue weighted by atomic mass is 19.1. The molecule has 0 radical (unpaired) electrons. The van der Waals surface area contributed by atoms with Crippen LogP contribution in [-0.2, 0) is 13.1 Å². The molecule has 4 rings (SSSR count). The number of rotatable bonds is 4. The lowest BCUT2D eigenvalue weighted by Gasteiger charge is -2.14. The molecule has 0 saturated heterocycles. The lowest BCUT2D eigenvalue weighted by atomic mass is 10.2. The zero-order chi connectivity index (χ0) is 18.8. The Kier molecular flexibility index (Phi) is 4.38. The zero-order valence-corrected chi connectivity index (χ0v) is 14.4. The maximum Gasteiger partial charge on any atom is 0.332 e. The molecule has 5 nitrogen and oxygen atoms in total. The van der Waals surface area contributed by atoms with E-state index >= 15 is 0 Å². The molecule has 2 heterocycles. The summed E-state index contributed by atoms with van der Waals surface area (Å²) >= 11 is 0. The Labute approximate surface area is 154 Å². The van der Waals surface area contributed by atoms with Gasteiger partial charge in [0.05, 0.1) is 18.6 Å². The lowest BCUT2D eigenvalue weighted by Crippen LogP contribution is -2.40. The number of halogens is 1. The van der Waals surface area contributed by atoms with Gasteiger partial charge in [-0.25, -0.2) is 14.2 Å². The van der Waals surface area contributed by atoms with Crippen molar-refractivity contribution in [2.75, 3.05) is 0 Å². The van der Waals surface area contributed by atoms with Crippen molar-refractivity contribution in [3.63, 3.8) is 0 Å². The van der Waals surface area contributed by atoms with Crippen molar-refractivity contribution in [2.24, 2.45) is 0 Å². The monoisotopic (exact) mass is 361 g/mol. The first-order valence-electron chi connectivity index (χ1n) is 8.50. The SMILES string of the molecule is O=c1c2ncccc2n(Cc2ccc(F)cc2)c(=O)n1Cc1ccccc1. The van der Waals surface area contributed by atoms with E-state index in [0.29, 0.717) is 5.52 Å². The molecule has 0 atom stereocenters. The molecule has 0 aliphatic heterocycles. The van der Waals surface area contributed by atoms with E-state index in [1.807, 2.05) is 30.3 Å². The number of nitrogens with zero attached hydrogens (tertiary/aromatic N) is 3. The fourth-order valence-corrected chi connectivity index (χ4v) is 3.07. The van der Waals surface area contributed by atoms with Gasteiger partial charge in [0.25, 0.3) is 5.56 Å². The van der Waals surface area contributed by atoms with Gasteiger partial charge in [-0.1, -0.05) is 42.5 Å². The minimum atomic E-state index is -0.423. The Bertz CT molecular complexity index is 1210. The van der Waals surface area contributed by atoms with Gasteiger partial charge >= 0.3 is 5.69 Å². The van der Waals surface area contributed by atoms with Gasteiger partial charge in [0.15, 0.2) is 5.52 Å². The molecule has 0 saturated carbocycles. The van der Waals surface area contributed by atoms with Gasteiger partial charge in [0.2, 0.25) is 0 Å². The molecule has 27 heavy (non-hydrogen) atoms. The molecule has 2 aromatic heterocycles. The first-order chi connectivity index (χ1) is 13.1. The summed E-state index contributed by atoms with van der Waals surface area (Å²) < 4.78 is 15.9. The highest BCUT2D eigenvalue weighted by molar-refractivity contribution is 5.73. The van der Waals surface area contributed by atoms with Crippen LogP contribution in [-0.4, -0.2) is 14.1 Å². The summed E-state index contributed by atoms with van der Waals surface area (Å²) in [6, 6.07) is 18.6. The Morgan fingerprint density at radius 2 is 1.44 bits per heavy atom. The summed E-state index contributed by atoms with van der Waals surface area (Å²) in [7, 11) is 0. The fraction of sp³-hybridized carbons (Fsp3) is 0.0952. The molecule has 0 N–H and O–H groups in total. The van der Waals surface area contributed by atoms with Gasteiger partial charge < -0.3 is 0 Å². The van der Waals surface area contributed by atoms with Crippen LogP contribution in [0.4, 0.5) is 4.39 Å². The van der Waals surface area contributed by atoms with Gasteiger partial charge in [-0.15, -0.1) is 0 Å². The van der Waals surface area contributed by atoms with Gasteiger partial charge in [-0.2, -0.15) is 0 Å². The second kappa shape index (κ2) is 6.99. The summed E-state index contributed by atoms with van der Waals surface area (Å²) in [6.07, 6.45) is 1.53. The van der Waals surface area contributed by atoms with Gasteiger partial charge in [0, 0.05) is 6.20 Å². The van der Waals surface area contributed by atoms with Crippen molar-refractivity contribution in [3.8, 4) is 0 Å². The van der Waals surface area contributed by atoms with Crippen LogP contribution in [0.3, 0.4) is 0 Å². The van der Waals surface area contributed by atoms with Crippen molar-refractivity contribution in [3.05, 3.63) is 111 Å². The number of hydrogen-bond donors (Lipinski definition) is 0. The third kappa shape index (κ3) is 3.29. The number of benzene rings is 2. The average molecular weight is 361 g/mol. The summed E-state index contributed by atoms with van der Waals surface area (Å²) in [5.74, 6) is -0.341. The van der Waals surface area contributed by atoms with E-state index < -0.39 is 11.2 Å². The van der Waals surface area contributed by atoms with Crippen LogP contribution in [0.1, 0.15) is 11.1 Å². The molecule has 134 valence electrons. The third-order valence-corrected chi connectivity index (χ3v) is 4.42. The van der Waals surface area contributed by atoms with E-state index in [0.717, 1.165) is 11.1 Å². The van der Waals surface area contributed by atoms with Crippen LogP contribution < -0.4 is 11.2 Å². The molecule has 4 aromatic rings. The first kappa shape index (κ1) is 16.9. The maximum absolute atomic E-state index is 13.2. The summed E-state index contributed by atoms with van der Waals surface area (Å²) in [5.41, 5.74) is 1.45. The van der Waals surface area contributed by atoms with Gasteiger partial charge in [-0.3, -0.25) is 13.9 Å². The van der Waals surface area contributed by atoms with Crippen LogP contribution >= 0.6 is 0 Å². The highest BCUT2D eigenvalue weighted by Gasteiger charge is 2.14. The normalized spacial score (nSPS) is 11.0.